The summed E-state index contributed by atoms with van der Waals surface area (Å²) in [6, 6.07) is 10.9. The third-order valence-corrected chi connectivity index (χ3v) is 1.72. The van der Waals surface area contributed by atoms with E-state index in [0.29, 0.717) is 0 Å². The lowest BCUT2D eigenvalue weighted by Crippen LogP contribution is -2.17. The minimum atomic E-state index is 0.915. The van der Waals surface area contributed by atoms with Crippen LogP contribution in [0.3, 0.4) is 0 Å². The summed E-state index contributed by atoms with van der Waals surface area (Å²) >= 11 is 0. The lowest BCUT2D eigenvalue weighted by atomic mass is 10.3. The van der Waals surface area contributed by atoms with E-state index in [2.05, 4.69) is 16.0 Å². The fourth-order valence-corrected chi connectivity index (χ4v) is 1.14. The molecule has 2 heteroatoms. The van der Waals surface area contributed by atoms with Crippen LogP contribution < -0.4 is 4.90 Å². The van der Waals surface area contributed by atoms with Crippen LogP contribution in [0.4, 0.5) is 5.69 Å². The lowest BCUT2D eigenvalue weighted by Gasteiger charge is -2.12. The van der Waals surface area contributed by atoms with Gasteiger partial charge in [0.25, 0.3) is 0 Å². The molecule has 11 heavy (non-hydrogen) atoms. The highest BCUT2D eigenvalue weighted by atomic mass is 15.2. The maximum atomic E-state index is 4.13. The van der Waals surface area contributed by atoms with Crippen molar-refractivity contribution in [3.8, 4) is 0 Å². The van der Waals surface area contributed by atoms with Crippen molar-refractivity contribution in [1.82, 2.24) is 0 Å². The van der Waals surface area contributed by atoms with Gasteiger partial charge < -0.3 is 4.90 Å². The Balaban J connectivity index is 2.23. The maximum absolute atomic E-state index is 4.13. The van der Waals surface area contributed by atoms with E-state index in [1.165, 1.54) is 5.69 Å². The van der Waals surface area contributed by atoms with Crippen LogP contribution in [0.1, 0.15) is 0 Å². The summed E-state index contributed by atoms with van der Waals surface area (Å²) in [5.41, 5.74) is 1.20. The van der Waals surface area contributed by atoms with Crippen LogP contribution in [0.15, 0.2) is 29.3 Å². The smallest absolute Gasteiger partial charge is 0.0895 e. The maximum Gasteiger partial charge on any atom is 0.0895 e. The van der Waals surface area contributed by atoms with Crippen molar-refractivity contribution in [3.63, 3.8) is 0 Å². The molecule has 0 aromatic heterocycles. The number of benzene rings is 1. The van der Waals surface area contributed by atoms with Crippen molar-refractivity contribution in [2.75, 3.05) is 18.0 Å². The van der Waals surface area contributed by atoms with E-state index in [1.54, 1.807) is 0 Å². The molecule has 0 saturated heterocycles. The first-order chi connectivity index (χ1) is 5.47. The molecule has 0 aliphatic carbocycles. The van der Waals surface area contributed by atoms with Gasteiger partial charge in [-0.15, -0.1) is 0 Å². The van der Waals surface area contributed by atoms with Crippen molar-refractivity contribution >= 4 is 12.0 Å². The van der Waals surface area contributed by atoms with Crippen molar-refractivity contribution in [1.29, 1.82) is 0 Å². The molecule has 0 amide bonds. The molecule has 0 unspecified atom stereocenters. The second kappa shape index (κ2) is 2.74. The molecule has 0 spiro atoms. The Morgan fingerprint density at radius 2 is 2.18 bits per heavy atom. The Morgan fingerprint density at radius 1 is 1.36 bits per heavy atom. The zero-order chi connectivity index (χ0) is 7.52. The van der Waals surface area contributed by atoms with Crippen LogP contribution in [0, 0.1) is 6.07 Å². The van der Waals surface area contributed by atoms with Crippen LogP contribution in [0.5, 0.6) is 0 Å². The van der Waals surface area contributed by atoms with Crippen molar-refractivity contribution in [2.45, 2.75) is 0 Å². The molecule has 0 atom stereocenters. The Morgan fingerprint density at radius 3 is 2.82 bits per heavy atom. The standard InChI is InChI=1S/C9H9N2/c1-2-4-9(5-3-1)11-7-6-10-8-11/h2-5,8H,6-7H2. The molecule has 1 heterocycles. The second-order valence-electron chi connectivity index (χ2n) is 2.47. The normalized spacial score (nSPS) is 15.8. The zero-order valence-electron chi connectivity index (χ0n) is 6.20. The minimum absolute atomic E-state index is 0.915. The third-order valence-electron chi connectivity index (χ3n) is 1.72. The summed E-state index contributed by atoms with van der Waals surface area (Å²) in [4.78, 5) is 6.26. The van der Waals surface area contributed by atoms with E-state index in [9.17, 15) is 0 Å². The second-order valence-corrected chi connectivity index (χ2v) is 2.47. The van der Waals surface area contributed by atoms with Gasteiger partial charge >= 0.3 is 0 Å². The predicted octanol–water partition coefficient (Wildman–Crippen LogP) is 1.34. The number of aliphatic imine (C=N–C) groups is 1. The highest BCUT2D eigenvalue weighted by Crippen LogP contribution is 2.12. The number of anilines is 1. The molecule has 55 valence electrons. The Bertz CT molecular complexity index is 254. The summed E-state index contributed by atoms with van der Waals surface area (Å²) in [6.07, 6.45) is 1.88. The van der Waals surface area contributed by atoms with Crippen LogP contribution in [-0.2, 0) is 0 Å². The van der Waals surface area contributed by atoms with Gasteiger partial charge in [-0.2, -0.15) is 0 Å². The van der Waals surface area contributed by atoms with Gasteiger partial charge in [-0.3, -0.25) is 4.99 Å². The summed E-state index contributed by atoms with van der Waals surface area (Å²) in [7, 11) is 0. The monoisotopic (exact) mass is 145 g/mol. The Labute approximate surface area is 66.2 Å². The molecule has 0 fully saturated rings. The quantitative estimate of drug-likeness (QED) is 0.582. The van der Waals surface area contributed by atoms with Gasteiger partial charge in [-0.1, -0.05) is 12.1 Å². The van der Waals surface area contributed by atoms with E-state index in [0.717, 1.165) is 13.1 Å². The fraction of sp³-hybridized carbons (Fsp3) is 0.222. The van der Waals surface area contributed by atoms with E-state index in [-0.39, 0.29) is 0 Å². The molecule has 0 bridgehead atoms. The molecule has 1 aromatic rings. The molecule has 1 radical (unpaired) electrons. The molecular formula is C9H9N2. The first-order valence-electron chi connectivity index (χ1n) is 3.69. The Kier molecular flexibility index (Phi) is 1.60. The molecule has 2 rings (SSSR count). The summed E-state index contributed by atoms with van der Waals surface area (Å²) in [5.74, 6) is 0. The van der Waals surface area contributed by atoms with Gasteiger partial charge in [0.2, 0.25) is 0 Å². The first-order valence-corrected chi connectivity index (χ1v) is 3.69. The number of nitrogens with zero attached hydrogens (tertiary/aromatic N) is 2. The molecule has 1 aliphatic heterocycles. The van der Waals surface area contributed by atoms with Gasteiger partial charge in [0.05, 0.1) is 12.9 Å². The zero-order valence-corrected chi connectivity index (χ0v) is 6.20. The largest absolute Gasteiger partial charge is 0.331 e. The summed E-state index contributed by atoms with van der Waals surface area (Å²) in [6.45, 7) is 1.92. The average molecular weight is 145 g/mol. The highest BCUT2D eigenvalue weighted by Gasteiger charge is 2.05. The third kappa shape index (κ3) is 1.24. The van der Waals surface area contributed by atoms with Crippen molar-refractivity contribution in [2.24, 2.45) is 4.99 Å². The average Bonchev–Trinajstić information content (AvgIpc) is 2.58. The molecular weight excluding hydrogens is 136 g/mol. The summed E-state index contributed by atoms with van der Waals surface area (Å²) in [5, 5.41) is 0. The SMILES string of the molecule is [c]1ccc(N2C=NCC2)cc1. The van der Waals surface area contributed by atoms with E-state index < -0.39 is 0 Å². The van der Waals surface area contributed by atoms with E-state index in [1.807, 2.05) is 30.6 Å². The molecule has 0 saturated carbocycles. The molecule has 1 aromatic carbocycles. The van der Waals surface area contributed by atoms with Crippen LogP contribution >= 0.6 is 0 Å². The highest BCUT2D eigenvalue weighted by molar-refractivity contribution is 5.80. The number of hydrogen-bond donors (Lipinski definition) is 0. The Hall–Kier alpha value is -1.31. The van der Waals surface area contributed by atoms with Crippen molar-refractivity contribution < 1.29 is 0 Å². The van der Waals surface area contributed by atoms with Gasteiger partial charge in [0.15, 0.2) is 0 Å². The van der Waals surface area contributed by atoms with E-state index >= 15 is 0 Å². The summed E-state index contributed by atoms with van der Waals surface area (Å²) < 4.78 is 0. The van der Waals surface area contributed by atoms with Gasteiger partial charge in [0, 0.05) is 12.2 Å². The molecule has 0 N–H and O–H groups in total. The lowest BCUT2D eigenvalue weighted by molar-refractivity contribution is 1.02. The minimum Gasteiger partial charge on any atom is -0.331 e. The molecule has 2 nitrogen and oxygen atoms in total. The number of hydrogen-bond acceptors (Lipinski definition) is 2. The van der Waals surface area contributed by atoms with Crippen LogP contribution in [0.2, 0.25) is 0 Å². The predicted molar refractivity (Wildman–Crippen MR) is 46.0 cm³/mol. The number of rotatable bonds is 1. The van der Waals surface area contributed by atoms with E-state index in [4.69, 9.17) is 0 Å². The van der Waals surface area contributed by atoms with Crippen LogP contribution in [0.25, 0.3) is 0 Å². The topological polar surface area (TPSA) is 15.6 Å². The molecule has 1 aliphatic rings. The van der Waals surface area contributed by atoms with Gasteiger partial charge in [0.1, 0.15) is 0 Å². The van der Waals surface area contributed by atoms with Crippen LogP contribution in [-0.4, -0.2) is 19.4 Å². The first kappa shape index (κ1) is 6.40. The fourth-order valence-electron chi connectivity index (χ4n) is 1.14. The van der Waals surface area contributed by atoms with Crippen molar-refractivity contribution in [3.05, 3.63) is 30.3 Å². The van der Waals surface area contributed by atoms with Gasteiger partial charge in [-0.05, 0) is 18.2 Å². The van der Waals surface area contributed by atoms with Gasteiger partial charge in [-0.25, -0.2) is 0 Å².